The van der Waals surface area contributed by atoms with E-state index >= 15 is 0 Å². The normalized spacial score (nSPS) is 13.3. The number of nitrogens with one attached hydrogen (secondary N) is 1. The molecule has 0 atom stereocenters. The minimum absolute atomic E-state index is 0.234. The van der Waals surface area contributed by atoms with Crippen molar-refractivity contribution in [3.8, 4) is 0 Å². The summed E-state index contributed by atoms with van der Waals surface area (Å²) in [5, 5.41) is 8.59. The Morgan fingerprint density at radius 2 is 1.48 bits per heavy atom. The number of hydroxylamine groups is 2. The molecule has 0 bridgehead atoms. The van der Waals surface area contributed by atoms with Crippen LogP contribution in [0.15, 0.2) is 48.5 Å². The number of amides is 2. The lowest BCUT2D eigenvalue weighted by Gasteiger charge is -2.15. The number of hydrogen-bond acceptors (Lipinski definition) is 4. The molecule has 2 aromatic carbocycles. The van der Waals surface area contributed by atoms with Crippen LogP contribution < -0.4 is 0 Å². The van der Waals surface area contributed by atoms with Crippen LogP contribution in [-0.2, 0) is 4.84 Å². The lowest BCUT2D eigenvalue weighted by Crippen LogP contribution is -2.32. The number of imide groups is 1. The molecular weight excluding hydrogens is 268 g/mol. The van der Waals surface area contributed by atoms with Crippen LogP contribution in [0.4, 0.5) is 0 Å². The number of benzene rings is 2. The first kappa shape index (κ1) is 13.1. The zero-order valence-corrected chi connectivity index (χ0v) is 11.3. The summed E-state index contributed by atoms with van der Waals surface area (Å²) in [5.74, 6) is -1.33. The minimum atomic E-state index is -0.547. The zero-order valence-electron chi connectivity index (χ0n) is 11.3. The fourth-order valence-electron chi connectivity index (χ4n) is 2.22. The predicted molar refractivity (Wildman–Crippen MR) is 76.0 cm³/mol. The molecule has 0 aliphatic carbocycles. The number of carbonyl (C=O) groups excluding carboxylic acids is 2. The van der Waals surface area contributed by atoms with Crippen LogP contribution in [-0.4, -0.2) is 22.8 Å². The molecule has 0 saturated carbocycles. The van der Waals surface area contributed by atoms with Crippen molar-refractivity contribution in [1.82, 2.24) is 5.06 Å². The third kappa shape index (κ3) is 2.08. The molecule has 1 heterocycles. The third-order valence-electron chi connectivity index (χ3n) is 3.33. The average molecular weight is 280 g/mol. The predicted octanol–water partition coefficient (Wildman–Crippen LogP) is 2.55. The van der Waals surface area contributed by atoms with Crippen LogP contribution in [0, 0.1) is 12.3 Å². The first-order chi connectivity index (χ1) is 10.1. The van der Waals surface area contributed by atoms with Gasteiger partial charge in [-0.15, -0.1) is 0 Å². The van der Waals surface area contributed by atoms with Gasteiger partial charge >= 0.3 is 0 Å². The van der Waals surface area contributed by atoms with Crippen molar-refractivity contribution >= 4 is 17.7 Å². The van der Waals surface area contributed by atoms with Crippen molar-refractivity contribution in [2.75, 3.05) is 0 Å². The Labute approximate surface area is 121 Å². The lowest BCUT2D eigenvalue weighted by atomic mass is 10.1. The topological polar surface area (TPSA) is 70.5 Å². The van der Waals surface area contributed by atoms with E-state index in [-0.39, 0.29) is 5.90 Å². The van der Waals surface area contributed by atoms with Gasteiger partial charge in [0, 0.05) is 5.56 Å². The molecule has 2 aromatic rings. The first-order valence-corrected chi connectivity index (χ1v) is 6.40. The summed E-state index contributed by atoms with van der Waals surface area (Å²) < 4.78 is 0. The van der Waals surface area contributed by atoms with E-state index in [1.807, 2.05) is 19.1 Å². The maximum Gasteiger partial charge on any atom is 0.295 e. The summed E-state index contributed by atoms with van der Waals surface area (Å²) in [6, 6.07) is 13.6. The number of nitrogens with zero attached hydrogens (tertiary/aromatic N) is 1. The summed E-state index contributed by atoms with van der Waals surface area (Å²) in [4.78, 5) is 29.5. The largest absolute Gasteiger partial charge is 0.348 e. The summed E-state index contributed by atoms with van der Waals surface area (Å²) in [6.07, 6.45) is 0. The maximum atomic E-state index is 12.1. The van der Waals surface area contributed by atoms with Crippen LogP contribution in [0.25, 0.3) is 0 Å². The summed E-state index contributed by atoms with van der Waals surface area (Å²) in [7, 11) is 0. The molecule has 21 heavy (non-hydrogen) atoms. The quantitative estimate of drug-likeness (QED) is 0.522. The molecule has 0 aromatic heterocycles. The SMILES string of the molecule is Cc1ccccc1C(=N)ON1C(=O)c2ccccc2C1=O. The molecule has 1 N–H and O–H groups in total. The average Bonchev–Trinajstić information content (AvgIpc) is 2.73. The van der Waals surface area contributed by atoms with Gasteiger partial charge in [-0.2, -0.15) is 0 Å². The van der Waals surface area contributed by atoms with E-state index in [2.05, 4.69) is 0 Å². The monoisotopic (exact) mass is 280 g/mol. The van der Waals surface area contributed by atoms with E-state index in [1.54, 1.807) is 36.4 Å². The molecular formula is C16H12N2O3. The van der Waals surface area contributed by atoms with E-state index < -0.39 is 11.8 Å². The van der Waals surface area contributed by atoms with Crippen molar-refractivity contribution in [3.63, 3.8) is 0 Å². The van der Waals surface area contributed by atoms with Gasteiger partial charge in [-0.3, -0.25) is 15.0 Å². The van der Waals surface area contributed by atoms with Gasteiger partial charge in [0.1, 0.15) is 0 Å². The van der Waals surface area contributed by atoms with Crippen LogP contribution in [0.1, 0.15) is 31.8 Å². The molecule has 0 radical (unpaired) electrons. The van der Waals surface area contributed by atoms with Crippen LogP contribution >= 0.6 is 0 Å². The molecule has 104 valence electrons. The summed E-state index contributed by atoms with van der Waals surface area (Å²) >= 11 is 0. The maximum absolute atomic E-state index is 12.1. The summed E-state index contributed by atoms with van der Waals surface area (Å²) in [5.41, 5.74) is 1.95. The highest BCUT2D eigenvalue weighted by atomic mass is 16.7. The smallest absolute Gasteiger partial charge is 0.295 e. The van der Waals surface area contributed by atoms with Gasteiger partial charge < -0.3 is 4.84 Å². The molecule has 2 amide bonds. The standard InChI is InChI=1S/C16H12N2O3/c1-10-6-2-3-7-11(10)14(17)21-18-15(19)12-8-4-5-9-13(12)16(18)20/h2-9,17H,1H3. The Morgan fingerprint density at radius 1 is 0.952 bits per heavy atom. The van der Waals surface area contributed by atoms with Crippen LogP contribution in [0.2, 0.25) is 0 Å². The first-order valence-electron chi connectivity index (χ1n) is 6.40. The van der Waals surface area contributed by atoms with E-state index in [9.17, 15) is 9.59 Å². The molecule has 0 spiro atoms. The lowest BCUT2D eigenvalue weighted by molar-refractivity contribution is -0.0225. The van der Waals surface area contributed by atoms with Crippen molar-refractivity contribution in [2.24, 2.45) is 0 Å². The zero-order chi connectivity index (χ0) is 15.0. The van der Waals surface area contributed by atoms with Gasteiger partial charge in [-0.25, -0.2) is 0 Å². The Kier molecular flexibility index (Phi) is 3.02. The molecule has 5 nitrogen and oxygen atoms in total. The van der Waals surface area contributed by atoms with E-state index in [0.717, 1.165) is 5.56 Å². The van der Waals surface area contributed by atoms with Crippen molar-refractivity contribution in [2.45, 2.75) is 6.92 Å². The second-order valence-electron chi connectivity index (χ2n) is 4.69. The van der Waals surface area contributed by atoms with E-state index in [1.165, 1.54) is 0 Å². The molecule has 1 aliphatic rings. The van der Waals surface area contributed by atoms with Gasteiger partial charge in [0.15, 0.2) is 0 Å². The van der Waals surface area contributed by atoms with Crippen LogP contribution in [0.5, 0.6) is 0 Å². The van der Waals surface area contributed by atoms with Crippen molar-refractivity contribution in [1.29, 1.82) is 5.41 Å². The third-order valence-corrected chi connectivity index (χ3v) is 3.33. The van der Waals surface area contributed by atoms with Gasteiger partial charge in [0.05, 0.1) is 11.1 Å². The fraction of sp³-hybridized carbons (Fsp3) is 0.0625. The van der Waals surface area contributed by atoms with E-state index in [4.69, 9.17) is 10.2 Å². The summed E-state index contributed by atoms with van der Waals surface area (Å²) in [6.45, 7) is 1.83. The second kappa shape index (κ2) is 4.86. The van der Waals surface area contributed by atoms with Gasteiger partial charge in [-0.1, -0.05) is 35.4 Å². The second-order valence-corrected chi connectivity index (χ2v) is 4.69. The fourth-order valence-corrected chi connectivity index (χ4v) is 2.22. The van der Waals surface area contributed by atoms with Gasteiger partial charge in [-0.05, 0) is 30.7 Å². The molecule has 0 fully saturated rings. The van der Waals surface area contributed by atoms with Crippen LogP contribution in [0.3, 0.4) is 0 Å². The van der Waals surface area contributed by atoms with Crippen molar-refractivity contribution in [3.05, 3.63) is 70.8 Å². The Morgan fingerprint density at radius 3 is 2.05 bits per heavy atom. The van der Waals surface area contributed by atoms with Gasteiger partial charge in [0.25, 0.3) is 11.8 Å². The number of fused-ring (bicyclic) bond motifs is 1. The van der Waals surface area contributed by atoms with Gasteiger partial charge in [0.2, 0.25) is 5.90 Å². The molecule has 3 rings (SSSR count). The Balaban J connectivity index is 1.88. The number of aryl methyl sites for hydroxylation is 1. The molecule has 0 saturated heterocycles. The van der Waals surface area contributed by atoms with E-state index in [0.29, 0.717) is 21.8 Å². The molecule has 0 unspecified atom stereocenters. The highest BCUT2D eigenvalue weighted by Crippen LogP contribution is 2.23. The molecule has 5 heteroatoms. The number of rotatable bonds is 2. The van der Waals surface area contributed by atoms with Crippen molar-refractivity contribution < 1.29 is 14.4 Å². The minimum Gasteiger partial charge on any atom is -0.348 e. The number of hydrogen-bond donors (Lipinski definition) is 1. The highest BCUT2D eigenvalue weighted by molar-refractivity contribution is 6.21. The Hall–Kier alpha value is -2.95. The Bertz CT molecular complexity index is 733. The highest BCUT2D eigenvalue weighted by Gasteiger charge is 2.38. The molecule has 1 aliphatic heterocycles. The number of carbonyl (C=O) groups is 2.